The van der Waals surface area contributed by atoms with E-state index in [0.717, 1.165) is 0 Å². The molecule has 0 fully saturated rings. The predicted molar refractivity (Wildman–Crippen MR) is 61.6 cm³/mol. The van der Waals surface area contributed by atoms with Gasteiger partial charge in [-0.2, -0.15) is 4.98 Å². The van der Waals surface area contributed by atoms with Crippen LogP contribution in [0, 0.1) is 0 Å². The van der Waals surface area contributed by atoms with E-state index in [2.05, 4.69) is 19.9 Å². The molecule has 0 aliphatic carbocycles. The number of fused-ring (bicyclic) bond motifs is 1. The number of hydrogen-bond acceptors (Lipinski definition) is 5. The standard InChI is InChI=1S/C12H8N4O/c1-2-4-9(5-3-1)17-12-14-7-10-11(16-12)6-13-8-15-10/h1-8H. The minimum atomic E-state index is 0.290. The summed E-state index contributed by atoms with van der Waals surface area (Å²) in [6, 6.07) is 9.67. The number of ether oxygens (including phenoxy) is 1. The monoisotopic (exact) mass is 224 g/mol. The van der Waals surface area contributed by atoms with Gasteiger partial charge in [-0.25, -0.2) is 15.0 Å². The highest BCUT2D eigenvalue weighted by Gasteiger charge is 2.02. The maximum Gasteiger partial charge on any atom is 0.322 e. The van der Waals surface area contributed by atoms with Gasteiger partial charge >= 0.3 is 6.01 Å². The van der Waals surface area contributed by atoms with E-state index < -0.39 is 0 Å². The van der Waals surface area contributed by atoms with Crippen LogP contribution in [-0.4, -0.2) is 19.9 Å². The Morgan fingerprint density at radius 2 is 1.76 bits per heavy atom. The first-order chi connectivity index (χ1) is 8.42. The summed E-state index contributed by atoms with van der Waals surface area (Å²) in [5.41, 5.74) is 1.36. The zero-order valence-corrected chi connectivity index (χ0v) is 8.82. The van der Waals surface area contributed by atoms with E-state index in [1.165, 1.54) is 6.33 Å². The molecular weight excluding hydrogens is 216 g/mol. The fourth-order valence-electron chi connectivity index (χ4n) is 1.41. The quantitative estimate of drug-likeness (QED) is 0.667. The van der Waals surface area contributed by atoms with Gasteiger partial charge in [-0.05, 0) is 12.1 Å². The molecule has 17 heavy (non-hydrogen) atoms. The zero-order valence-electron chi connectivity index (χ0n) is 8.82. The normalized spacial score (nSPS) is 10.4. The van der Waals surface area contributed by atoms with Crippen LogP contribution >= 0.6 is 0 Å². The summed E-state index contributed by atoms with van der Waals surface area (Å²) in [6.45, 7) is 0. The molecule has 82 valence electrons. The van der Waals surface area contributed by atoms with E-state index in [0.29, 0.717) is 22.8 Å². The summed E-state index contributed by atoms with van der Waals surface area (Å²) in [7, 11) is 0. The van der Waals surface area contributed by atoms with Crippen molar-refractivity contribution in [3.8, 4) is 11.8 Å². The topological polar surface area (TPSA) is 60.8 Å². The fraction of sp³-hybridized carbons (Fsp3) is 0. The molecule has 1 aromatic carbocycles. The summed E-state index contributed by atoms with van der Waals surface area (Å²) >= 11 is 0. The summed E-state index contributed by atoms with van der Waals surface area (Å²) in [5.74, 6) is 0.698. The molecule has 0 unspecified atom stereocenters. The minimum Gasteiger partial charge on any atom is -0.424 e. The first-order valence-electron chi connectivity index (χ1n) is 5.07. The van der Waals surface area contributed by atoms with Crippen molar-refractivity contribution >= 4 is 11.0 Å². The van der Waals surface area contributed by atoms with Crippen LogP contribution in [0.4, 0.5) is 0 Å². The summed E-state index contributed by atoms with van der Waals surface area (Å²) in [5, 5.41) is 0. The van der Waals surface area contributed by atoms with Crippen molar-refractivity contribution in [2.45, 2.75) is 0 Å². The number of aromatic nitrogens is 4. The average molecular weight is 224 g/mol. The number of benzene rings is 1. The molecule has 0 bridgehead atoms. The third kappa shape index (κ3) is 2.03. The Morgan fingerprint density at radius 3 is 2.65 bits per heavy atom. The van der Waals surface area contributed by atoms with E-state index in [4.69, 9.17) is 4.74 Å². The Hall–Kier alpha value is -2.56. The number of hydrogen-bond donors (Lipinski definition) is 0. The van der Waals surface area contributed by atoms with Crippen molar-refractivity contribution < 1.29 is 4.74 Å². The molecule has 0 N–H and O–H groups in total. The molecular formula is C12H8N4O. The van der Waals surface area contributed by atoms with Gasteiger partial charge in [-0.1, -0.05) is 18.2 Å². The second kappa shape index (κ2) is 4.13. The molecule has 0 radical (unpaired) electrons. The van der Waals surface area contributed by atoms with Gasteiger partial charge in [0.15, 0.2) is 0 Å². The lowest BCUT2D eigenvalue weighted by Crippen LogP contribution is -1.93. The number of nitrogens with zero attached hydrogens (tertiary/aromatic N) is 4. The molecule has 0 spiro atoms. The summed E-state index contributed by atoms with van der Waals surface area (Å²) in [4.78, 5) is 16.2. The molecule has 0 saturated heterocycles. The Morgan fingerprint density at radius 1 is 0.882 bits per heavy atom. The fourth-order valence-corrected chi connectivity index (χ4v) is 1.41. The summed E-state index contributed by atoms with van der Waals surface area (Å²) in [6.07, 6.45) is 4.70. The molecule has 5 nitrogen and oxygen atoms in total. The van der Waals surface area contributed by atoms with E-state index >= 15 is 0 Å². The van der Waals surface area contributed by atoms with Gasteiger partial charge in [0.2, 0.25) is 0 Å². The van der Waals surface area contributed by atoms with Crippen molar-refractivity contribution in [1.82, 2.24) is 19.9 Å². The first kappa shape index (κ1) is 9.65. The highest BCUT2D eigenvalue weighted by molar-refractivity contribution is 5.71. The second-order valence-corrected chi connectivity index (χ2v) is 3.36. The molecule has 0 aliphatic rings. The van der Waals surface area contributed by atoms with Gasteiger partial charge in [-0.15, -0.1) is 0 Å². The Kier molecular flexibility index (Phi) is 2.34. The van der Waals surface area contributed by atoms with Gasteiger partial charge in [0.05, 0.1) is 12.4 Å². The number of para-hydroxylation sites is 1. The highest BCUT2D eigenvalue weighted by Crippen LogP contribution is 2.17. The molecule has 5 heteroatoms. The van der Waals surface area contributed by atoms with Crippen molar-refractivity contribution in [1.29, 1.82) is 0 Å². The molecule has 2 aromatic heterocycles. The largest absolute Gasteiger partial charge is 0.424 e. The predicted octanol–water partition coefficient (Wildman–Crippen LogP) is 2.21. The molecule has 0 aliphatic heterocycles. The lowest BCUT2D eigenvalue weighted by atomic mass is 10.3. The highest BCUT2D eigenvalue weighted by atomic mass is 16.5. The number of rotatable bonds is 2. The molecule has 3 aromatic rings. The Bertz CT molecular complexity index is 642. The first-order valence-corrected chi connectivity index (χ1v) is 5.07. The third-order valence-corrected chi connectivity index (χ3v) is 2.19. The smallest absolute Gasteiger partial charge is 0.322 e. The van der Waals surface area contributed by atoms with Crippen molar-refractivity contribution in [2.75, 3.05) is 0 Å². The lowest BCUT2D eigenvalue weighted by molar-refractivity contribution is 0.444. The molecule has 0 saturated carbocycles. The van der Waals surface area contributed by atoms with Crippen molar-refractivity contribution in [3.63, 3.8) is 0 Å². The van der Waals surface area contributed by atoms with E-state index in [1.54, 1.807) is 12.4 Å². The zero-order chi connectivity index (χ0) is 11.5. The molecule has 2 heterocycles. The van der Waals surface area contributed by atoms with Gasteiger partial charge in [0, 0.05) is 0 Å². The maximum atomic E-state index is 5.51. The minimum absolute atomic E-state index is 0.290. The SMILES string of the molecule is c1ccc(Oc2ncc3ncncc3n2)cc1. The van der Waals surface area contributed by atoms with Crippen LogP contribution in [0.2, 0.25) is 0 Å². The Balaban J connectivity index is 1.96. The van der Waals surface area contributed by atoms with Crippen LogP contribution in [-0.2, 0) is 0 Å². The van der Waals surface area contributed by atoms with E-state index in [9.17, 15) is 0 Å². The second-order valence-electron chi connectivity index (χ2n) is 3.36. The maximum absolute atomic E-state index is 5.51. The molecule has 3 rings (SSSR count). The van der Waals surface area contributed by atoms with Gasteiger partial charge in [-0.3, -0.25) is 0 Å². The van der Waals surface area contributed by atoms with Crippen LogP contribution in [0.25, 0.3) is 11.0 Å². The van der Waals surface area contributed by atoms with Gasteiger partial charge in [0.25, 0.3) is 0 Å². The lowest BCUT2D eigenvalue weighted by Gasteiger charge is -2.03. The summed E-state index contributed by atoms with van der Waals surface area (Å²) < 4.78 is 5.51. The van der Waals surface area contributed by atoms with Crippen molar-refractivity contribution in [3.05, 3.63) is 49.1 Å². The van der Waals surface area contributed by atoms with Crippen LogP contribution in [0.1, 0.15) is 0 Å². The van der Waals surface area contributed by atoms with Gasteiger partial charge < -0.3 is 4.74 Å². The van der Waals surface area contributed by atoms with E-state index in [1.807, 2.05) is 30.3 Å². The van der Waals surface area contributed by atoms with Crippen LogP contribution in [0.3, 0.4) is 0 Å². The van der Waals surface area contributed by atoms with Gasteiger partial charge in [0.1, 0.15) is 23.1 Å². The van der Waals surface area contributed by atoms with Crippen LogP contribution in [0.5, 0.6) is 11.8 Å². The van der Waals surface area contributed by atoms with Crippen LogP contribution in [0.15, 0.2) is 49.1 Å². The Labute approximate surface area is 97.2 Å². The van der Waals surface area contributed by atoms with Crippen LogP contribution < -0.4 is 4.74 Å². The molecule has 0 atom stereocenters. The van der Waals surface area contributed by atoms with Crippen molar-refractivity contribution in [2.24, 2.45) is 0 Å². The third-order valence-electron chi connectivity index (χ3n) is 2.19. The average Bonchev–Trinajstić information content (AvgIpc) is 2.40. The molecule has 0 amide bonds. The van der Waals surface area contributed by atoms with E-state index in [-0.39, 0.29) is 0 Å².